The van der Waals surface area contributed by atoms with Gasteiger partial charge in [0.25, 0.3) is 4.86 Å². The average Bonchev–Trinajstić information content (AvgIpc) is 2.60. The monoisotopic (exact) mass is 272 g/mol. The number of carbonyl (C=O) groups is 1. The molecule has 0 aromatic heterocycles. The zero-order valence-corrected chi connectivity index (χ0v) is 12.8. The molecule has 4 heteroatoms. The summed E-state index contributed by atoms with van der Waals surface area (Å²) in [6.45, 7) is 9.03. The van der Waals surface area contributed by atoms with Crippen LogP contribution in [0, 0.1) is 23.2 Å². The van der Waals surface area contributed by atoms with E-state index in [0.717, 1.165) is 0 Å². The second kappa shape index (κ2) is 6.11. The van der Waals surface area contributed by atoms with Crippen LogP contribution < -0.4 is 0 Å². The van der Waals surface area contributed by atoms with Crippen LogP contribution >= 0.6 is 0 Å². The predicted molar refractivity (Wildman–Crippen MR) is 74.6 cm³/mol. The molecule has 0 aromatic carbocycles. The summed E-state index contributed by atoms with van der Waals surface area (Å²) in [7, 11) is 1.32. The van der Waals surface area contributed by atoms with Gasteiger partial charge in [-0.05, 0) is 36.0 Å². The van der Waals surface area contributed by atoms with Crippen molar-refractivity contribution in [1.82, 2.24) is 0 Å². The zero-order chi connectivity index (χ0) is 13.9. The Balaban J connectivity index is 2.72. The fourth-order valence-electron chi connectivity index (χ4n) is 3.26. The zero-order valence-electron chi connectivity index (χ0n) is 12.0. The molecular formula is C14H24O3S. The van der Waals surface area contributed by atoms with Crippen molar-refractivity contribution in [3.8, 4) is 0 Å². The van der Waals surface area contributed by atoms with Crippen molar-refractivity contribution in [2.75, 3.05) is 7.11 Å². The van der Waals surface area contributed by atoms with Gasteiger partial charge in [-0.25, -0.2) is 4.79 Å². The molecule has 3 atom stereocenters. The molecule has 0 amide bonds. The van der Waals surface area contributed by atoms with E-state index in [1.54, 1.807) is 0 Å². The van der Waals surface area contributed by atoms with Gasteiger partial charge in [-0.1, -0.05) is 27.7 Å². The van der Waals surface area contributed by atoms with Crippen molar-refractivity contribution in [3.63, 3.8) is 0 Å². The molecule has 1 aliphatic carbocycles. The first-order chi connectivity index (χ1) is 8.34. The quantitative estimate of drug-likeness (QED) is 0.342. The molecule has 0 unspecified atom stereocenters. The number of esters is 1. The lowest BCUT2D eigenvalue weighted by Crippen LogP contribution is -2.31. The molecule has 1 fully saturated rings. The summed E-state index contributed by atoms with van der Waals surface area (Å²) >= 11 is 0.283. The molecule has 1 aliphatic rings. The van der Waals surface area contributed by atoms with Crippen LogP contribution in [0.1, 0.15) is 47.0 Å². The van der Waals surface area contributed by atoms with Crippen molar-refractivity contribution in [2.45, 2.75) is 47.0 Å². The summed E-state index contributed by atoms with van der Waals surface area (Å²) in [5, 5.41) is 0. The van der Waals surface area contributed by atoms with Crippen LogP contribution in [0.25, 0.3) is 0 Å². The lowest BCUT2D eigenvalue weighted by Gasteiger charge is -2.34. The van der Waals surface area contributed by atoms with Crippen LogP contribution in [-0.4, -0.2) is 22.5 Å². The van der Waals surface area contributed by atoms with E-state index in [2.05, 4.69) is 32.4 Å². The number of rotatable bonds is 4. The summed E-state index contributed by atoms with van der Waals surface area (Å²) in [6, 6.07) is 0. The Morgan fingerprint density at radius 3 is 2.50 bits per heavy atom. The third-order valence-corrected chi connectivity index (χ3v) is 5.38. The Bertz CT molecular complexity index is 336. The van der Waals surface area contributed by atoms with E-state index >= 15 is 0 Å². The Morgan fingerprint density at radius 2 is 2.11 bits per heavy atom. The largest absolute Gasteiger partial charge is 0.545 e. The lowest BCUT2D eigenvalue weighted by atomic mass is 9.70. The summed E-state index contributed by atoms with van der Waals surface area (Å²) in [6.07, 6.45) is 2.97. The summed E-state index contributed by atoms with van der Waals surface area (Å²) in [5.41, 5.74) is 0.286. The highest BCUT2D eigenvalue weighted by atomic mass is 32.2. The first-order valence-electron chi connectivity index (χ1n) is 6.58. The Kier molecular flexibility index (Phi) is 5.29. The van der Waals surface area contributed by atoms with Crippen LogP contribution in [0.4, 0.5) is 0 Å². The van der Waals surface area contributed by atoms with E-state index < -0.39 is 5.97 Å². The SMILES string of the molecule is COC(=O)C(C[C@@H](C)[C@H]1CC[C@@H](C)C1(C)C)=[S+][O-]. The number of ether oxygens (including phenoxy) is 1. The van der Waals surface area contributed by atoms with E-state index in [0.29, 0.717) is 29.0 Å². The van der Waals surface area contributed by atoms with Gasteiger partial charge in [0, 0.05) is 6.42 Å². The minimum atomic E-state index is -0.467. The molecule has 0 aromatic rings. The Hall–Kier alpha value is -0.480. The van der Waals surface area contributed by atoms with Gasteiger partial charge in [0.05, 0.1) is 7.11 Å². The summed E-state index contributed by atoms with van der Waals surface area (Å²) in [4.78, 5) is 11.7. The minimum Gasteiger partial charge on any atom is -0.545 e. The van der Waals surface area contributed by atoms with E-state index in [4.69, 9.17) is 0 Å². The van der Waals surface area contributed by atoms with Gasteiger partial charge in [-0.3, -0.25) is 0 Å². The lowest BCUT2D eigenvalue weighted by molar-refractivity contribution is -0.132. The van der Waals surface area contributed by atoms with Crippen LogP contribution in [0.3, 0.4) is 0 Å². The van der Waals surface area contributed by atoms with Crippen LogP contribution in [-0.2, 0) is 21.2 Å². The second-order valence-electron chi connectivity index (χ2n) is 6.09. The maximum Gasteiger partial charge on any atom is 0.392 e. The first kappa shape index (κ1) is 15.6. The number of methoxy groups -OCH3 is 1. The van der Waals surface area contributed by atoms with E-state index in [9.17, 15) is 9.35 Å². The smallest absolute Gasteiger partial charge is 0.392 e. The molecule has 0 spiro atoms. The van der Waals surface area contributed by atoms with Gasteiger partial charge in [0.2, 0.25) is 0 Å². The van der Waals surface area contributed by atoms with Crippen LogP contribution in [0.5, 0.6) is 0 Å². The maximum atomic E-state index is 11.4. The molecule has 0 radical (unpaired) electrons. The molecule has 0 bridgehead atoms. The molecule has 3 nitrogen and oxygen atoms in total. The number of carbonyl (C=O) groups excluding carboxylic acids is 1. The van der Waals surface area contributed by atoms with Gasteiger partial charge >= 0.3 is 5.97 Å². The third kappa shape index (κ3) is 3.09. The molecule has 1 rings (SSSR count). The second-order valence-corrected chi connectivity index (χ2v) is 6.75. The van der Waals surface area contributed by atoms with Gasteiger partial charge in [-0.15, -0.1) is 0 Å². The molecule has 104 valence electrons. The van der Waals surface area contributed by atoms with Gasteiger partial charge < -0.3 is 9.29 Å². The average molecular weight is 272 g/mol. The molecular weight excluding hydrogens is 248 g/mol. The van der Waals surface area contributed by atoms with Crippen molar-refractivity contribution in [2.24, 2.45) is 23.2 Å². The third-order valence-electron chi connectivity index (χ3n) is 4.84. The molecule has 0 saturated heterocycles. The predicted octanol–water partition coefficient (Wildman–Crippen LogP) is 2.64. The van der Waals surface area contributed by atoms with Crippen LogP contribution in [0.15, 0.2) is 0 Å². The molecule has 0 N–H and O–H groups in total. The maximum absolute atomic E-state index is 11.4. The first-order valence-corrected chi connectivity index (χ1v) is 7.32. The number of hydrogen-bond acceptors (Lipinski definition) is 3. The van der Waals surface area contributed by atoms with Crippen molar-refractivity contribution < 1.29 is 14.1 Å². The van der Waals surface area contributed by atoms with E-state index in [1.165, 1.54) is 20.0 Å². The Morgan fingerprint density at radius 1 is 1.50 bits per heavy atom. The van der Waals surface area contributed by atoms with Crippen molar-refractivity contribution in [1.29, 1.82) is 0 Å². The Labute approximate surface area is 114 Å². The normalized spacial score (nSPS) is 29.1. The molecule has 1 saturated carbocycles. The number of hydrogen-bond donors (Lipinski definition) is 0. The standard InChI is InChI=1S/C14H24O3S/c1-9(8-12(18-16)13(15)17-5)11-7-6-10(2)14(11,3)4/h9-11H,6-8H2,1-5H3/t9-,10-,11-/m1/s1. The van der Waals surface area contributed by atoms with Crippen molar-refractivity contribution >= 4 is 22.5 Å². The highest BCUT2D eigenvalue weighted by Gasteiger charge is 2.43. The van der Waals surface area contributed by atoms with E-state index in [1.807, 2.05) is 0 Å². The highest BCUT2D eigenvalue weighted by molar-refractivity contribution is 7.74. The molecule has 0 heterocycles. The van der Waals surface area contributed by atoms with Gasteiger partial charge in [-0.2, -0.15) is 0 Å². The van der Waals surface area contributed by atoms with E-state index in [-0.39, 0.29) is 17.0 Å². The van der Waals surface area contributed by atoms with Gasteiger partial charge in [0.15, 0.2) is 11.6 Å². The van der Waals surface area contributed by atoms with Crippen LogP contribution in [0.2, 0.25) is 0 Å². The highest BCUT2D eigenvalue weighted by Crippen LogP contribution is 2.50. The molecule has 0 aliphatic heterocycles. The molecule has 18 heavy (non-hydrogen) atoms. The fourth-order valence-corrected chi connectivity index (χ4v) is 3.74. The van der Waals surface area contributed by atoms with Crippen molar-refractivity contribution in [3.05, 3.63) is 0 Å². The summed E-state index contributed by atoms with van der Waals surface area (Å²) < 4.78 is 15.6. The fraction of sp³-hybridized carbons (Fsp3) is 0.857. The topological polar surface area (TPSA) is 49.4 Å². The van der Waals surface area contributed by atoms with Gasteiger partial charge in [0.1, 0.15) is 0 Å². The minimum absolute atomic E-state index is 0.283. The summed E-state index contributed by atoms with van der Waals surface area (Å²) in [5.74, 6) is 1.15.